The largest absolute Gasteiger partial charge is 0.494 e. The molecule has 0 spiro atoms. The normalized spacial score (nSPS) is 12.8. The Kier molecular flexibility index (Phi) is 6.62. The van der Waals surface area contributed by atoms with Crippen molar-refractivity contribution >= 4 is 15.8 Å². The molecule has 1 aromatic carbocycles. The van der Waals surface area contributed by atoms with E-state index >= 15 is 0 Å². The van der Waals surface area contributed by atoms with Gasteiger partial charge in [0.05, 0.1) is 12.4 Å². The van der Waals surface area contributed by atoms with Gasteiger partial charge in [-0.3, -0.25) is 4.28 Å². The molecule has 0 fully saturated rings. The summed E-state index contributed by atoms with van der Waals surface area (Å²) in [5.74, 6) is -0.119. The molecule has 0 aliphatic rings. The third kappa shape index (κ3) is 6.31. The second-order valence-electron chi connectivity index (χ2n) is 4.31. The number of oxime groups is 1. The van der Waals surface area contributed by atoms with Gasteiger partial charge in [0.2, 0.25) is 0 Å². The minimum Gasteiger partial charge on any atom is -0.494 e. The number of hydrogen-bond donors (Lipinski definition) is 0. The van der Waals surface area contributed by atoms with Crippen LogP contribution in [-0.4, -0.2) is 32.7 Å². The van der Waals surface area contributed by atoms with Gasteiger partial charge >= 0.3 is 16.3 Å². The number of nitrogens with zero attached hydrogens (tertiary/aromatic N) is 1. The Hall–Kier alpha value is -2.03. The standard InChI is InChI=1S/C14H16F3NO4S/c1-3-5-10-23(19,20)22-18-13(14(15,16)17)11-6-8-12(9-7-11)21-4-2/h3,6-9H,1,4-5,10H2,2H3/b18-13-. The monoisotopic (exact) mass is 351 g/mol. The minimum absolute atomic E-state index is 0.0439. The van der Waals surface area contributed by atoms with E-state index in [4.69, 9.17) is 4.74 Å². The summed E-state index contributed by atoms with van der Waals surface area (Å²) < 4.78 is 71.2. The van der Waals surface area contributed by atoms with Gasteiger partial charge in [-0.25, -0.2) is 0 Å². The lowest BCUT2D eigenvalue weighted by Crippen LogP contribution is -2.25. The molecule has 5 nitrogen and oxygen atoms in total. The van der Waals surface area contributed by atoms with Gasteiger partial charge in [-0.15, -0.1) is 6.58 Å². The Bertz CT molecular complexity index is 652. The van der Waals surface area contributed by atoms with Crippen LogP contribution in [0.4, 0.5) is 13.2 Å². The second kappa shape index (κ2) is 8.00. The summed E-state index contributed by atoms with van der Waals surface area (Å²) in [4.78, 5) is 0. The molecule has 0 saturated carbocycles. The number of ether oxygens (including phenoxy) is 1. The molecular weight excluding hydrogens is 335 g/mol. The van der Waals surface area contributed by atoms with Crippen LogP contribution in [0, 0.1) is 0 Å². The van der Waals surface area contributed by atoms with Crippen LogP contribution in [0.5, 0.6) is 5.75 Å². The lowest BCUT2D eigenvalue weighted by Gasteiger charge is -2.11. The number of allylic oxidation sites excluding steroid dienone is 1. The highest BCUT2D eigenvalue weighted by atomic mass is 32.2. The van der Waals surface area contributed by atoms with Crippen LogP contribution in [0.15, 0.2) is 42.1 Å². The average molecular weight is 351 g/mol. The molecule has 9 heteroatoms. The van der Waals surface area contributed by atoms with E-state index in [-0.39, 0.29) is 12.0 Å². The van der Waals surface area contributed by atoms with Crippen LogP contribution >= 0.6 is 0 Å². The third-order valence-corrected chi connectivity index (χ3v) is 3.56. The van der Waals surface area contributed by atoms with Crippen molar-refractivity contribution in [2.45, 2.75) is 19.5 Å². The molecule has 23 heavy (non-hydrogen) atoms. The van der Waals surface area contributed by atoms with Crippen LogP contribution in [0.2, 0.25) is 0 Å². The predicted octanol–water partition coefficient (Wildman–Crippen LogP) is 3.27. The third-order valence-electron chi connectivity index (χ3n) is 2.52. The van der Waals surface area contributed by atoms with Crippen molar-refractivity contribution in [3.63, 3.8) is 0 Å². The van der Waals surface area contributed by atoms with Crippen molar-refractivity contribution in [2.75, 3.05) is 12.4 Å². The molecule has 0 unspecified atom stereocenters. The maximum absolute atomic E-state index is 13.0. The number of rotatable bonds is 8. The van der Waals surface area contributed by atoms with Crippen LogP contribution in [0.25, 0.3) is 0 Å². The van der Waals surface area contributed by atoms with Gasteiger partial charge < -0.3 is 4.74 Å². The van der Waals surface area contributed by atoms with Crippen LogP contribution in [0.1, 0.15) is 18.9 Å². The van der Waals surface area contributed by atoms with E-state index in [1.54, 1.807) is 6.92 Å². The molecule has 128 valence electrons. The van der Waals surface area contributed by atoms with E-state index in [0.717, 1.165) is 12.1 Å². The first kappa shape index (κ1) is 19.0. The van der Waals surface area contributed by atoms with Crippen molar-refractivity contribution in [3.8, 4) is 5.75 Å². The molecule has 0 atom stereocenters. The maximum atomic E-state index is 13.0. The van der Waals surface area contributed by atoms with Gasteiger partial charge in [-0.1, -0.05) is 11.2 Å². The van der Waals surface area contributed by atoms with Crippen LogP contribution in [0.3, 0.4) is 0 Å². The summed E-state index contributed by atoms with van der Waals surface area (Å²) in [7, 11) is -4.21. The average Bonchev–Trinajstić information content (AvgIpc) is 2.46. The quantitative estimate of drug-likeness (QED) is 0.410. The molecular formula is C14H16F3NO4S. The summed E-state index contributed by atoms with van der Waals surface area (Å²) >= 11 is 0. The lowest BCUT2D eigenvalue weighted by atomic mass is 10.1. The molecule has 0 saturated heterocycles. The highest BCUT2D eigenvalue weighted by Crippen LogP contribution is 2.24. The van der Waals surface area contributed by atoms with Gasteiger partial charge in [0, 0.05) is 5.56 Å². The SMILES string of the molecule is C=CCCS(=O)(=O)O/N=C(/c1ccc(OCC)cc1)C(F)(F)F. The molecule has 0 N–H and O–H groups in total. The molecule has 1 rings (SSSR count). The van der Waals surface area contributed by atoms with Crippen LogP contribution < -0.4 is 4.74 Å². The molecule has 0 aliphatic carbocycles. The summed E-state index contributed by atoms with van der Waals surface area (Å²) in [6, 6.07) is 4.90. The zero-order chi connectivity index (χ0) is 17.5. The topological polar surface area (TPSA) is 65.0 Å². The lowest BCUT2D eigenvalue weighted by molar-refractivity contribution is -0.0597. The first-order valence-corrected chi connectivity index (χ1v) is 8.18. The first-order valence-electron chi connectivity index (χ1n) is 6.60. The molecule has 0 amide bonds. The highest BCUT2D eigenvalue weighted by Gasteiger charge is 2.38. The van der Waals surface area contributed by atoms with Crippen LogP contribution in [-0.2, 0) is 14.4 Å². The predicted molar refractivity (Wildman–Crippen MR) is 79.9 cm³/mol. The summed E-state index contributed by atoms with van der Waals surface area (Å²) in [5, 5.41) is 2.79. The molecule has 0 bridgehead atoms. The summed E-state index contributed by atoms with van der Waals surface area (Å²) in [5.41, 5.74) is -1.78. The molecule has 1 aromatic rings. The molecule has 0 aliphatic heterocycles. The zero-order valence-electron chi connectivity index (χ0n) is 12.3. The molecule has 0 aromatic heterocycles. The zero-order valence-corrected chi connectivity index (χ0v) is 13.2. The summed E-state index contributed by atoms with van der Waals surface area (Å²) in [6.45, 7) is 5.42. The fourth-order valence-electron chi connectivity index (χ4n) is 1.50. The van der Waals surface area contributed by atoms with Crippen molar-refractivity contribution in [1.82, 2.24) is 0 Å². The van der Waals surface area contributed by atoms with Gasteiger partial charge in [0.25, 0.3) is 0 Å². The van der Waals surface area contributed by atoms with Crippen molar-refractivity contribution in [3.05, 3.63) is 42.5 Å². The Morgan fingerprint density at radius 1 is 1.30 bits per heavy atom. The fourth-order valence-corrected chi connectivity index (χ4v) is 2.22. The van der Waals surface area contributed by atoms with E-state index in [2.05, 4.69) is 16.0 Å². The van der Waals surface area contributed by atoms with Gasteiger partial charge in [-0.2, -0.15) is 21.6 Å². The van der Waals surface area contributed by atoms with Crippen molar-refractivity contribution < 1.29 is 30.6 Å². The van der Waals surface area contributed by atoms with E-state index in [1.165, 1.54) is 18.2 Å². The Morgan fingerprint density at radius 3 is 2.39 bits per heavy atom. The number of alkyl halides is 3. The first-order chi connectivity index (χ1) is 10.7. The smallest absolute Gasteiger partial charge is 0.437 e. The van der Waals surface area contributed by atoms with E-state index in [0.29, 0.717) is 12.4 Å². The van der Waals surface area contributed by atoms with E-state index < -0.39 is 27.8 Å². The Labute approximate surface area is 132 Å². The molecule has 0 radical (unpaired) electrons. The van der Waals surface area contributed by atoms with E-state index in [9.17, 15) is 21.6 Å². The minimum atomic E-state index is -4.87. The van der Waals surface area contributed by atoms with E-state index in [1.807, 2.05) is 0 Å². The number of halogens is 3. The number of hydrogen-bond acceptors (Lipinski definition) is 5. The second-order valence-corrected chi connectivity index (χ2v) is 5.98. The van der Waals surface area contributed by atoms with Crippen molar-refractivity contribution in [1.29, 1.82) is 0 Å². The Balaban J connectivity index is 3.05. The Morgan fingerprint density at radius 2 is 1.91 bits per heavy atom. The highest BCUT2D eigenvalue weighted by molar-refractivity contribution is 7.86. The van der Waals surface area contributed by atoms with Gasteiger partial charge in [0.15, 0.2) is 5.71 Å². The van der Waals surface area contributed by atoms with Gasteiger partial charge in [0.1, 0.15) is 5.75 Å². The fraction of sp³-hybridized carbons (Fsp3) is 0.357. The summed E-state index contributed by atoms with van der Waals surface area (Å²) in [6.07, 6.45) is -3.52. The van der Waals surface area contributed by atoms with Gasteiger partial charge in [-0.05, 0) is 37.6 Å². The number of benzene rings is 1. The maximum Gasteiger partial charge on any atom is 0.437 e. The molecule has 0 heterocycles. The van der Waals surface area contributed by atoms with Crippen molar-refractivity contribution in [2.24, 2.45) is 5.16 Å².